The first-order valence-electron chi connectivity index (χ1n) is 7.26. The number of rotatable bonds is 6. The average molecular weight is 310 g/mol. The first kappa shape index (κ1) is 16.0. The van der Waals surface area contributed by atoms with Crippen LogP contribution in [0.25, 0.3) is 0 Å². The third-order valence-corrected chi connectivity index (χ3v) is 3.72. The zero-order valence-corrected chi connectivity index (χ0v) is 13.4. The van der Waals surface area contributed by atoms with E-state index in [1.54, 1.807) is 12.1 Å². The zero-order chi connectivity index (χ0) is 15.4. The largest absolute Gasteiger partial charge is 0.310 e. The Hall–Kier alpha value is -1.39. The molecular formula is C16H21ClFN3. The lowest BCUT2D eigenvalue weighted by Crippen LogP contribution is -2.25. The van der Waals surface area contributed by atoms with E-state index in [0.717, 1.165) is 24.5 Å². The van der Waals surface area contributed by atoms with Crippen LogP contribution in [0.1, 0.15) is 36.8 Å². The second-order valence-corrected chi connectivity index (χ2v) is 5.51. The van der Waals surface area contributed by atoms with Crippen molar-refractivity contribution in [2.24, 2.45) is 0 Å². The first-order valence-corrected chi connectivity index (χ1v) is 7.64. The van der Waals surface area contributed by atoms with Crippen molar-refractivity contribution in [2.75, 3.05) is 6.54 Å². The van der Waals surface area contributed by atoms with E-state index in [2.05, 4.69) is 23.4 Å². The quantitative estimate of drug-likeness (QED) is 0.877. The zero-order valence-electron chi connectivity index (χ0n) is 12.7. The van der Waals surface area contributed by atoms with Crippen molar-refractivity contribution in [3.05, 3.63) is 52.1 Å². The van der Waals surface area contributed by atoms with E-state index in [4.69, 9.17) is 11.6 Å². The molecule has 1 aromatic carbocycles. The molecule has 2 aromatic rings. The van der Waals surface area contributed by atoms with E-state index < -0.39 is 0 Å². The second-order valence-electron chi connectivity index (χ2n) is 5.07. The number of hydrogen-bond donors (Lipinski definition) is 1. The maximum Gasteiger partial charge on any atom is 0.129 e. The molecule has 3 nitrogen and oxygen atoms in total. The van der Waals surface area contributed by atoms with Crippen LogP contribution in [-0.4, -0.2) is 16.3 Å². The minimum absolute atomic E-state index is 0.0892. The smallest absolute Gasteiger partial charge is 0.129 e. The topological polar surface area (TPSA) is 29.9 Å². The lowest BCUT2D eigenvalue weighted by atomic mass is 10.0. The Morgan fingerprint density at radius 1 is 1.33 bits per heavy atom. The summed E-state index contributed by atoms with van der Waals surface area (Å²) in [5, 5.41) is 8.21. The summed E-state index contributed by atoms with van der Waals surface area (Å²) in [7, 11) is 0. The molecule has 1 N–H and O–H groups in total. The molecule has 5 heteroatoms. The fourth-order valence-electron chi connectivity index (χ4n) is 2.57. The van der Waals surface area contributed by atoms with Crippen LogP contribution < -0.4 is 5.32 Å². The maximum atomic E-state index is 14.2. The minimum Gasteiger partial charge on any atom is -0.310 e. The van der Waals surface area contributed by atoms with Gasteiger partial charge in [-0.15, -0.1) is 0 Å². The molecule has 0 bridgehead atoms. The summed E-state index contributed by atoms with van der Waals surface area (Å²) in [6.07, 6.45) is 0.696. The van der Waals surface area contributed by atoms with Gasteiger partial charge in [-0.3, -0.25) is 4.68 Å². The Morgan fingerprint density at radius 3 is 2.71 bits per heavy atom. The van der Waals surface area contributed by atoms with Gasteiger partial charge in [0.2, 0.25) is 0 Å². The molecule has 0 aliphatic carbocycles. The molecule has 1 atom stereocenters. The fraction of sp³-hybridized carbons (Fsp3) is 0.438. The first-order chi connectivity index (χ1) is 10.0. The van der Waals surface area contributed by atoms with Gasteiger partial charge >= 0.3 is 0 Å². The van der Waals surface area contributed by atoms with Crippen molar-refractivity contribution in [3.8, 4) is 0 Å². The molecule has 114 valence electrons. The molecule has 0 aliphatic rings. The highest BCUT2D eigenvalue weighted by molar-refractivity contribution is 6.30. The molecular weight excluding hydrogens is 289 g/mol. The molecule has 2 rings (SSSR count). The summed E-state index contributed by atoms with van der Waals surface area (Å²) in [6, 6.07) is 6.82. The van der Waals surface area contributed by atoms with Crippen LogP contribution in [0.4, 0.5) is 4.39 Å². The van der Waals surface area contributed by atoms with Crippen LogP contribution in [0.15, 0.2) is 24.3 Å². The number of hydrogen-bond acceptors (Lipinski definition) is 2. The van der Waals surface area contributed by atoms with E-state index in [1.807, 2.05) is 18.5 Å². The summed E-state index contributed by atoms with van der Waals surface area (Å²) in [5.41, 5.74) is 2.73. The lowest BCUT2D eigenvalue weighted by Gasteiger charge is -2.19. The van der Waals surface area contributed by atoms with Gasteiger partial charge in [0.05, 0.1) is 5.69 Å². The van der Waals surface area contributed by atoms with E-state index in [-0.39, 0.29) is 11.9 Å². The monoisotopic (exact) mass is 309 g/mol. The van der Waals surface area contributed by atoms with Crippen LogP contribution >= 0.6 is 11.6 Å². The van der Waals surface area contributed by atoms with Gasteiger partial charge in [0, 0.05) is 35.3 Å². The molecule has 1 aromatic heterocycles. The van der Waals surface area contributed by atoms with E-state index in [9.17, 15) is 4.39 Å². The van der Waals surface area contributed by atoms with Crippen LogP contribution in [0, 0.1) is 12.7 Å². The molecule has 0 spiro atoms. The van der Waals surface area contributed by atoms with Crippen molar-refractivity contribution in [2.45, 2.75) is 39.8 Å². The summed E-state index contributed by atoms with van der Waals surface area (Å²) in [5.74, 6) is -0.271. The van der Waals surface area contributed by atoms with Crippen molar-refractivity contribution >= 4 is 11.6 Å². The summed E-state index contributed by atoms with van der Waals surface area (Å²) in [6.45, 7) is 7.63. The molecule has 0 radical (unpaired) electrons. The molecule has 0 saturated carbocycles. The van der Waals surface area contributed by atoms with Crippen molar-refractivity contribution in [3.63, 3.8) is 0 Å². The lowest BCUT2D eigenvalue weighted by molar-refractivity contribution is 0.490. The minimum atomic E-state index is -0.271. The molecule has 0 saturated heterocycles. The predicted molar refractivity (Wildman–Crippen MR) is 84.2 cm³/mol. The highest BCUT2D eigenvalue weighted by Gasteiger charge is 2.18. The second kappa shape index (κ2) is 7.05. The van der Waals surface area contributed by atoms with Crippen LogP contribution in [0.3, 0.4) is 0 Å². The fourth-order valence-corrected chi connectivity index (χ4v) is 2.73. The van der Waals surface area contributed by atoms with Gasteiger partial charge in [0.15, 0.2) is 0 Å². The Balaban J connectivity index is 2.30. The SMILES string of the molecule is CCNC(Cc1cc(C)nn1CC)c1ccc(Cl)cc1F. The van der Waals surface area contributed by atoms with E-state index in [0.29, 0.717) is 17.0 Å². The van der Waals surface area contributed by atoms with Crippen molar-refractivity contribution in [1.82, 2.24) is 15.1 Å². The molecule has 0 aliphatic heterocycles. The van der Waals surface area contributed by atoms with Gasteiger partial charge in [-0.1, -0.05) is 24.6 Å². The molecule has 1 heterocycles. The summed E-state index contributed by atoms with van der Waals surface area (Å²) >= 11 is 5.84. The number of halogens is 2. The third-order valence-electron chi connectivity index (χ3n) is 3.49. The Morgan fingerprint density at radius 2 is 2.10 bits per heavy atom. The molecule has 21 heavy (non-hydrogen) atoms. The highest BCUT2D eigenvalue weighted by Crippen LogP contribution is 2.24. The molecule has 0 fully saturated rings. The van der Waals surface area contributed by atoms with Crippen molar-refractivity contribution in [1.29, 1.82) is 0 Å². The van der Waals surface area contributed by atoms with Crippen LogP contribution in [0.5, 0.6) is 0 Å². The van der Waals surface area contributed by atoms with Gasteiger partial charge in [-0.2, -0.15) is 5.10 Å². The number of likely N-dealkylation sites (N-methyl/N-ethyl adjacent to an activating group) is 1. The highest BCUT2D eigenvalue weighted by atomic mass is 35.5. The average Bonchev–Trinajstić information content (AvgIpc) is 2.78. The van der Waals surface area contributed by atoms with E-state index >= 15 is 0 Å². The number of benzene rings is 1. The number of aryl methyl sites for hydroxylation is 2. The maximum absolute atomic E-state index is 14.2. The molecule has 0 amide bonds. The van der Waals surface area contributed by atoms with Crippen molar-refractivity contribution < 1.29 is 4.39 Å². The normalized spacial score (nSPS) is 12.6. The standard InChI is InChI=1S/C16H21ClFN3/c1-4-19-16(14-7-6-12(17)9-15(14)18)10-13-8-11(3)20-21(13)5-2/h6-9,16,19H,4-5,10H2,1-3H3. The number of nitrogens with zero attached hydrogens (tertiary/aromatic N) is 2. The summed E-state index contributed by atoms with van der Waals surface area (Å²) in [4.78, 5) is 0. The van der Waals surface area contributed by atoms with Crippen LogP contribution in [-0.2, 0) is 13.0 Å². The summed E-state index contributed by atoms with van der Waals surface area (Å²) < 4.78 is 16.1. The predicted octanol–water partition coefficient (Wildman–Crippen LogP) is 3.90. The molecule has 1 unspecified atom stereocenters. The Kier molecular flexibility index (Phi) is 5.37. The van der Waals surface area contributed by atoms with Crippen LogP contribution in [0.2, 0.25) is 5.02 Å². The van der Waals surface area contributed by atoms with Gasteiger partial charge in [-0.05, 0) is 38.6 Å². The van der Waals surface area contributed by atoms with Gasteiger partial charge in [0.25, 0.3) is 0 Å². The van der Waals surface area contributed by atoms with Gasteiger partial charge in [0.1, 0.15) is 5.82 Å². The van der Waals surface area contributed by atoms with Gasteiger partial charge < -0.3 is 5.32 Å². The Labute approximate surface area is 130 Å². The third kappa shape index (κ3) is 3.83. The van der Waals surface area contributed by atoms with Gasteiger partial charge in [-0.25, -0.2) is 4.39 Å². The number of nitrogens with one attached hydrogen (secondary N) is 1. The Bertz CT molecular complexity index is 610. The number of aromatic nitrogens is 2. The van der Waals surface area contributed by atoms with E-state index in [1.165, 1.54) is 6.07 Å².